The Morgan fingerprint density at radius 1 is 0.676 bits per heavy atom. The van der Waals surface area contributed by atoms with E-state index in [2.05, 4.69) is 0 Å². The molecule has 6 heteroatoms. The van der Waals surface area contributed by atoms with Crippen LogP contribution in [-0.4, -0.2) is 49.5 Å². The van der Waals surface area contributed by atoms with Crippen LogP contribution in [-0.2, 0) is 43.5 Å². The minimum atomic E-state index is -1.01. The van der Waals surface area contributed by atoms with Crippen LogP contribution in [0, 0.1) is 0 Å². The Morgan fingerprint density at radius 2 is 1.15 bits per heavy atom. The predicted octanol–water partition coefficient (Wildman–Crippen LogP) is 4.11. The van der Waals surface area contributed by atoms with Crippen LogP contribution in [0.3, 0.4) is 0 Å². The lowest BCUT2D eigenvalue weighted by Gasteiger charge is -2.43. The van der Waals surface area contributed by atoms with Crippen molar-refractivity contribution in [3.05, 3.63) is 108 Å². The lowest BCUT2D eigenvalue weighted by molar-refractivity contribution is -0.313. The largest absolute Gasteiger partial charge is 0.385 e. The molecule has 34 heavy (non-hydrogen) atoms. The third-order valence-corrected chi connectivity index (χ3v) is 5.81. The van der Waals surface area contributed by atoms with Crippen LogP contribution in [0.2, 0.25) is 0 Å². The summed E-state index contributed by atoms with van der Waals surface area (Å²) >= 11 is 0. The summed E-state index contributed by atoms with van der Waals surface area (Å²) < 4.78 is 30.0. The van der Waals surface area contributed by atoms with Gasteiger partial charge in [-0.15, -0.1) is 0 Å². The van der Waals surface area contributed by atoms with Gasteiger partial charge in [0, 0.05) is 7.11 Å². The van der Waals surface area contributed by atoms with Gasteiger partial charge in [0.2, 0.25) is 0 Å². The molecular formula is C28H32O6. The van der Waals surface area contributed by atoms with Crippen LogP contribution in [0.25, 0.3) is 0 Å². The average Bonchev–Trinajstić information content (AvgIpc) is 2.89. The van der Waals surface area contributed by atoms with E-state index in [1.165, 1.54) is 7.11 Å². The molecule has 1 heterocycles. The Balaban J connectivity index is 1.48. The Labute approximate surface area is 201 Å². The molecule has 1 saturated heterocycles. The van der Waals surface area contributed by atoms with Crippen molar-refractivity contribution in [3.8, 4) is 0 Å². The van der Waals surface area contributed by atoms with Crippen LogP contribution in [0.5, 0.6) is 0 Å². The number of aliphatic hydroxyl groups is 1. The molecule has 0 amide bonds. The summed E-state index contributed by atoms with van der Waals surface area (Å²) in [5, 5.41) is 11.0. The molecule has 1 N–H and O–H groups in total. The predicted molar refractivity (Wildman–Crippen MR) is 128 cm³/mol. The summed E-state index contributed by atoms with van der Waals surface area (Å²) in [6.45, 7) is 1.41. The van der Waals surface area contributed by atoms with Crippen molar-refractivity contribution in [1.82, 2.24) is 0 Å². The fourth-order valence-corrected chi connectivity index (χ4v) is 4.02. The molecule has 0 aromatic heterocycles. The second-order valence-electron chi connectivity index (χ2n) is 8.29. The normalized spacial score (nSPS) is 24.7. The van der Waals surface area contributed by atoms with Gasteiger partial charge in [-0.2, -0.15) is 0 Å². The van der Waals surface area contributed by atoms with Crippen molar-refractivity contribution in [1.29, 1.82) is 0 Å². The summed E-state index contributed by atoms with van der Waals surface area (Å²) in [5.41, 5.74) is 3.10. The molecule has 0 saturated carbocycles. The van der Waals surface area contributed by atoms with Gasteiger partial charge in [-0.05, 0) is 16.7 Å². The molecule has 180 valence electrons. The molecule has 5 atom stereocenters. The first-order valence-corrected chi connectivity index (χ1v) is 11.5. The third kappa shape index (κ3) is 6.73. The molecule has 0 bridgehead atoms. The third-order valence-electron chi connectivity index (χ3n) is 5.81. The van der Waals surface area contributed by atoms with Gasteiger partial charge in [0.1, 0.15) is 24.4 Å². The molecular weight excluding hydrogens is 432 g/mol. The molecule has 1 aliphatic heterocycles. The van der Waals surface area contributed by atoms with Gasteiger partial charge in [-0.3, -0.25) is 0 Å². The number of benzene rings is 3. The highest BCUT2D eigenvalue weighted by Gasteiger charge is 2.47. The van der Waals surface area contributed by atoms with Crippen LogP contribution in [0.1, 0.15) is 16.7 Å². The molecule has 0 aliphatic carbocycles. The van der Waals surface area contributed by atoms with Gasteiger partial charge in [0.05, 0.1) is 26.4 Å². The van der Waals surface area contributed by atoms with Crippen LogP contribution < -0.4 is 0 Å². The van der Waals surface area contributed by atoms with Gasteiger partial charge in [0.25, 0.3) is 0 Å². The zero-order valence-electron chi connectivity index (χ0n) is 19.4. The molecule has 1 fully saturated rings. The fraction of sp³-hybridized carbons (Fsp3) is 0.357. The van der Waals surface area contributed by atoms with Crippen LogP contribution in [0.4, 0.5) is 0 Å². The number of rotatable bonds is 11. The van der Waals surface area contributed by atoms with E-state index in [1.807, 2.05) is 91.0 Å². The fourth-order valence-electron chi connectivity index (χ4n) is 4.02. The molecule has 2 unspecified atom stereocenters. The molecule has 4 rings (SSSR count). The topological polar surface area (TPSA) is 66.4 Å². The van der Waals surface area contributed by atoms with Crippen molar-refractivity contribution in [2.24, 2.45) is 0 Å². The minimum Gasteiger partial charge on any atom is -0.385 e. The number of ether oxygens (including phenoxy) is 5. The Morgan fingerprint density at radius 3 is 1.65 bits per heavy atom. The van der Waals surface area contributed by atoms with E-state index < -0.39 is 30.7 Å². The lowest BCUT2D eigenvalue weighted by Crippen LogP contribution is -2.60. The first-order chi connectivity index (χ1) is 16.7. The summed E-state index contributed by atoms with van der Waals surface area (Å²) in [4.78, 5) is 0. The highest BCUT2D eigenvalue weighted by atomic mass is 16.7. The quantitative estimate of drug-likeness (QED) is 0.461. The molecule has 0 spiro atoms. The maximum atomic E-state index is 11.0. The van der Waals surface area contributed by atoms with E-state index >= 15 is 0 Å². The Kier molecular flexibility index (Phi) is 9.21. The van der Waals surface area contributed by atoms with Crippen molar-refractivity contribution in [3.63, 3.8) is 0 Å². The smallest absolute Gasteiger partial charge is 0.186 e. The van der Waals surface area contributed by atoms with E-state index in [4.69, 9.17) is 23.7 Å². The van der Waals surface area contributed by atoms with Crippen LogP contribution in [0.15, 0.2) is 91.0 Å². The molecule has 6 nitrogen and oxygen atoms in total. The second-order valence-corrected chi connectivity index (χ2v) is 8.29. The van der Waals surface area contributed by atoms with E-state index in [-0.39, 0.29) is 6.61 Å². The first-order valence-electron chi connectivity index (χ1n) is 11.5. The van der Waals surface area contributed by atoms with E-state index in [1.54, 1.807) is 0 Å². The van der Waals surface area contributed by atoms with Crippen molar-refractivity contribution in [2.45, 2.75) is 50.5 Å². The van der Waals surface area contributed by atoms with Gasteiger partial charge >= 0.3 is 0 Å². The second kappa shape index (κ2) is 12.8. The number of hydrogen-bond acceptors (Lipinski definition) is 6. The van der Waals surface area contributed by atoms with E-state index in [0.29, 0.717) is 19.8 Å². The summed E-state index contributed by atoms with van der Waals surface area (Å²) in [7, 11) is 1.51. The molecule has 0 radical (unpaired) electrons. The van der Waals surface area contributed by atoms with Crippen molar-refractivity contribution < 1.29 is 28.8 Å². The summed E-state index contributed by atoms with van der Waals surface area (Å²) in [6, 6.07) is 29.7. The zero-order valence-corrected chi connectivity index (χ0v) is 19.4. The molecule has 3 aromatic carbocycles. The van der Waals surface area contributed by atoms with Gasteiger partial charge < -0.3 is 28.8 Å². The van der Waals surface area contributed by atoms with Gasteiger partial charge in [-0.25, -0.2) is 0 Å². The number of aliphatic hydroxyl groups excluding tert-OH is 1. The minimum absolute atomic E-state index is 0.270. The van der Waals surface area contributed by atoms with E-state index in [9.17, 15) is 5.11 Å². The molecule has 1 aliphatic rings. The SMILES string of the molecule is CO[C@@H]1OC(COCc2ccccc2)[C@H](OCc2ccccc2)C(OCc2ccccc2)[C@H]1O. The average molecular weight is 465 g/mol. The molecule has 3 aromatic rings. The summed E-state index contributed by atoms with van der Waals surface area (Å²) in [5.74, 6) is 0. The highest BCUT2D eigenvalue weighted by Crippen LogP contribution is 2.28. The lowest BCUT2D eigenvalue weighted by atomic mass is 9.98. The Bertz CT molecular complexity index is 952. The monoisotopic (exact) mass is 464 g/mol. The van der Waals surface area contributed by atoms with Gasteiger partial charge in [-0.1, -0.05) is 91.0 Å². The first kappa shape index (κ1) is 24.5. The summed E-state index contributed by atoms with van der Waals surface area (Å²) in [6.07, 6.45) is -3.56. The van der Waals surface area contributed by atoms with E-state index in [0.717, 1.165) is 16.7 Å². The standard InChI is InChI=1S/C28H32O6/c1-30-28-25(29)27(33-19-23-15-9-4-10-16-23)26(32-18-22-13-7-3-8-14-22)24(34-28)20-31-17-21-11-5-2-6-12-21/h2-16,24-29H,17-20H2,1H3/t24?,25-,26+,27?,28-/m1/s1. The highest BCUT2D eigenvalue weighted by molar-refractivity contribution is 5.15. The maximum Gasteiger partial charge on any atom is 0.186 e. The van der Waals surface area contributed by atoms with Crippen molar-refractivity contribution in [2.75, 3.05) is 13.7 Å². The van der Waals surface area contributed by atoms with Crippen LogP contribution >= 0.6 is 0 Å². The van der Waals surface area contributed by atoms with Crippen molar-refractivity contribution >= 4 is 0 Å². The maximum absolute atomic E-state index is 11.0. The number of hydrogen-bond donors (Lipinski definition) is 1. The number of methoxy groups -OCH3 is 1. The Hall–Kier alpha value is -2.58. The van der Waals surface area contributed by atoms with Gasteiger partial charge in [0.15, 0.2) is 6.29 Å². The zero-order chi connectivity index (χ0) is 23.6.